The lowest BCUT2D eigenvalue weighted by atomic mass is 9.85. The molecule has 3 aromatic rings. The molecule has 0 aromatic heterocycles. The summed E-state index contributed by atoms with van der Waals surface area (Å²) >= 11 is 0. The van der Waals surface area contributed by atoms with Crippen LogP contribution in [0.25, 0.3) is 10.8 Å². The third-order valence-electron chi connectivity index (χ3n) is 4.55. The van der Waals surface area contributed by atoms with Crippen molar-refractivity contribution < 1.29 is 14.6 Å². The zero-order valence-corrected chi connectivity index (χ0v) is 16.7. The predicted octanol–water partition coefficient (Wildman–Crippen LogP) is 5.31. The van der Waals surface area contributed by atoms with Crippen LogP contribution >= 0.6 is 0 Å². The first-order chi connectivity index (χ1) is 13.3. The monoisotopic (exact) mass is 378 g/mol. The minimum absolute atomic E-state index is 0.0496. The van der Waals surface area contributed by atoms with E-state index in [1.165, 1.54) is 5.56 Å². The molecule has 0 aliphatic heterocycles. The van der Waals surface area contributed by atoms with E-state index in [9.17, 15) is 9.90 Å². The van der Waals surface area contributed by atoms with Gasteiger partial charge < -0.3 is 20.5 Å². The van der Waals surface area contributed by atoms with Gasteiger partial charge in [-0.1, -0.05) is 62.7 Å². The summed E-state index contributed by atoms with van der Waals surface area (Å²) in [7, 11) is 0. The number of nitrogens with one attached hydrogen (secondary N) is 2. The van der Waals surface area contributed by atoms with Gasteiger partial charge in [0.05, 0.1) is 5.69 Å². The van der Waals surface area contributed by atoms with Crippen LogP contribution < -0.4 is 15.4 Å². The molecule has 0 saturated heterocycles. The molecule has 0 aliphatic rings. The average Bonchev–Trinajstić information content (AvgIpc) is 2.63. The summed E-state index contributed by atoms with van der Waals surface area (Å²) in [6.07, 6.45) is 0. The lowest BCUT2D eigenvalue weighted by molar-refractivity contribution is 0.233. The molecule has 2 amide bonds. The highest BCUT2D eigenvalue weighted by atomic mass is 16.5. The van der Waals surface area contributed by atoms with Crippen molar-refractivity contribution in [1.82, 2.24) is 5.32 Å². The second kappa shape index (κ2) is 7.80. The summed E-state index contributed by atoms with van der Waals surface area (Å²) in [5.41, 5.74) is 2.83. The molecule has 5 heteroatoms. The Labute approximate surface area is 165 Å². The Morgan fingerprint density at radius 3 is 2.50 bits per heavy atom. The van der Waals surface area contributed by atoms with Gasteiger partial charge in [0.2, 0.25) is 0 Å². The minimum Gasteiger partial charge on any atom is -0.507 e. The van der Waals surface area contributed by atoms with E-state index < -0.39 is 0 Å². The van der Waals surface area contributed by atoms with Crippen LogP contribution in [0.1, 0.15) is 31.9 Å². The Kier molecular flexibility index (Phi) is 5.45. The highest BCUT2D eigenvalue weighted by Crippen LogP contribution is 2.32. The quantitative estimate of drug-likeness (QED) is 0.539. The summed E-state index contributed by atoms with van der Waals surface area (Å²) < 4.78 is 5.82. The lowest BCUT2D eigenvalue weighted by Crippen LogP contribution is -2.32. The Morgan fingerprint density at radius 1 is 1.04 bits per heavy atom. The van der Waals surface area contributed by atoms with Crippen LogP contribution in [0, 0.1) is 6.92 Å². The second-order valence-electron chi connectivity index (χ2n) is 7.85. The van der Waals surface area contributed by atoms with Crippen LogP contribution in [0.15, 0.2) is 54.6 Å². The van der Waals surface area contributed by atoms with Gasteiger partial charge in [0.25, 0.3) is 0 Å². The molecule has 146 valence electrons. The number of aromatic hydroxyl groups is 1. The van der Waals surface area contributed by atoms with Gasteiger partial charge in [-0.2, -0.15) is 0 Å². The first-order valence-electron chi connectivity index (χ1n) is 9.25. The SMILES string of the molecule is Cc1ccc(OCNC(=O)Nc2cccc3c(O)cccc23)c(C(C)(C)C)c1. The zero-order valence-electron chi connectivity index (χ0n) is 16.7. The van der Waals surface area contributed by atoms with Crippen molar-refractivity contribution in [2.24, 2.45) is 0 Å². The number of anilines is 1. The van der Waals surface area contributed by atoms with Gasteiger partial charge in [0.15, 0.2) is 6.73 Å². The molecule has 0 atom stereocenters. The lowest BCUT2D eigenvalue weighted by Gasteiger charge is -2.23. The average molecular weight is 378 g/mol. The fraction of sp³-hybridized carbons (Fsp3) is 0.261. The number of rotatable bonds is 4. The standard InChI is InChI=1S/C23H26N2O3/c1-15-11-12-21(18(13-15)23(2,3)4)28-14-24-22(27)25-19-9-5-8-17-16(19)7-6-10-20(17)26/h5-13,26H,14H2,1-4H3,(H2,24,25,27). The van der Waals surface area contributed by atoms with E-state index in [-0.39, 0.29) is 23.9 Å². The number of fused-ring (bicyclic) bond motifs is 1. The number of hydrogen-bond donors (Lipinski definition) is 3. The number of urea groups is 1. The third kappa shape index (κ3) is 4.36. The van der Waals surface area contributed by atoms with Crippen LogP contribution in [0.2, 0.25) is 0 Å². The van der Waals surface area contributed by atoms with Gasteiger partial charge >= 0.3 is 6.03 Å². The molecule has 5 nitrogen and oxygen atoms in total. The van der Waals surface area contributed by atoms with Gasteiger partial charge in [0, 0.05) is 10.8 Å². The summed E-state index contributed by atoms with van der Waals surface area (Å²) in [5.74, 6) is 0.937. The number of phenolic OH excluding ortho intramolecular Hbond substituents is 1. The van der Waals surface area contributed by atoms with Crippen LogP contribution in [0.5, 0.6) is 11.5 Å². The van der Waals surface area contributed by atoms with Crippen molar-refractivity contribution >= 4 is 22.5 Å². The number of amides is 2. The zero-order chi connectivity index (χ0) is 20.3. The summed E-state index contributed by atoms with van der Waals surface area (Å²) in [6.45, 7) is 8.49. The highest BCUT2D eigenvalue weighted by Gasteiger charge is 2.19. The van der Waals surface area contributed by atoms with Crippen LogP contribution in [0.3, 0.4) is 0 Å². The molecule has 0 saturated carbocycles. The van der Waals surface area contributed by atoms with Crippen molar-refractivity contribution in [1.29, 1.82) is 0 Å². The molecule has 3 aromatic carbocycles. The summed E-state index contributed by atoms with van der Waals surface area (Å²) in [6, 6.07) is 16.3. The first kappa shape index (κ1) is 19.5. The molecule has 0 radical (unpaired) electrons. The van der Waals surface area contributed by atoms with Crippen molar-refractivity contribution in [3.05, 3.63) is 65.7 Å². The van der Waals surface area contributed by atoms with Crippen molar-refractivity contribution in [3.63, 3.8) is 0 Å². The number of carbonyl (C=O) groups is 1. The van der Waals surface area contributed by atoms with Gasteiger partial charge in [-0.15, -0.1) is 0 Å². The largest absolute Gasteiger partial charge is 0.507 e. The molecule has 0 spiro atoms. The van der Waals surface area contributed by atoms with Crippen molar-refractivity contribution in [3.8, 4) is 11.5 Å². The Bertz CT molecular complexity index is 1010. The molecule has 0 unspecified atom stereocenters. The molecule has 0 heterocycles. The first-order valence-corrected chi connectivity index (χ1v) is 9.25. The fourth-order valence-electron chi connectivity index (χ4n) is 3.10. The van der Waals surface area contributed by atoms with Gasteiger partial charge in [-0.3, -0.25) is 0 Å². The Morgan fingerprint density at radius 2 is 1.75 bits per heavy atom. The van der Waals surface area contributed by atoms with E-state index in [0.717, 1.165) is 16.7 Å². The highest BCUT2D eigenvalue weighted by molar-refractivity contribution is 6.03. The van der Waals surface area contributed by atoms with Gasteiger partial charge in [0.1, 0.15) is 11.5 Å². The molecular weight excluding hydrogens is 352 g/mol. The number of ether oxygens (including phenoxy) is 1. The van der Waals surface area contributed by atoms with Gasteiger partial charge in [-0.25, -0.2) is 4.79 Å². The van der Waals surface area contributed by atoms with E-state index >= 15 is 0 Å². The van der Waals surface area contributed by atoms with Crippen molar-refractivity contribution in [2.45, 2.75) is 33.1 Å². The van der Waals surface area contributed by atoms with E-state index in [1.54, 1.807) is 24.3 Å². The normalized spacial score (nSPS) is 11.3. The van der Waals surface area contributed by atoms with Crippen LogP contribution in [-0.2, 0) is 5.41 Å². The number of carbonyl (C=O) groups excluding carboxylic acids is 1. The van der Waals surface area contributed by atoms with Crippen LogP contribution in [-0.4, -0.2) is 17.9 Å². The molecular formula is C23H26N2O3. The maximum Gasteiger partial charge on any atom is 0.321 e. The fourth-order valence-corrected chi connectivity index (χ4v) is 3.10. The predicted molar refractivity (Wildman–Crippen MR) is 113 cm³/mol. The minimum atomic E-state index is -0.375. The topological polar surface area (TPSA) is 70.6 Å². The number of phenols is 1. The third-order valence-corrected chi connectivity index (χ3v) is 4.55. The van der Waals surface area contributed by atoms with E-state index in [0.29, 0.717) is 11.1 Å². The van der Waals surface area contributed by atoms with E-state index in [2.05, 4.69) is 37.5 Å². The Hall–Kier alpha value is -3.21. The molecule has 0 aliphatic carbocycles. The molecule has 3 N–H and O–H groups in total. The van der Waals surface area contributed by atoms with E-state index in [4.69, 9.17) is 4.74 Å². The number of aryl methyl sites for hydroxylation is 1. The number of hydrogen-bond acceptors (Lipinski definition) is 3. The Balaban J connectivity index is 1.66. The smallest absolute Gasteiger partial charge is 0.321 e. The van der Waals surface area contributed by atoms with Crippen LogP contribution in [0.4, 0.5) is 10.5 Å². The van der Waals surface area contributed by atoms with E-state index in [1.807, 2.05) is 31.2 Å². The maximum absolute atomic E-state index is 12.3. The van der Waals surface area contributed by atoms with Crippen molar-refractivity contribution in [2.75, 3.05) is 12.0 Å². The number of benzene rings is 3. The summed E-state index contributed by atoms with van der Waals surface area (Å²) in [5, 5.41) is 16.9. The molecule has 28 heavy (non-hydrogen) atoms. The maximum atomic E-state index is 12.3. The molecule has 3 rings (SSSR count). The van der Waals surface area contributed by atoms with Gasteiger partial charge in [-0.05, 0) is 36.1 Å². The molecule has 0 fully saturated rings. The summed E-state index contributed by atoms with van der Waals surface area (Å²) in [4.78, 5) is 12.3. The second-order valence-corrected chi connectivity index (χ2v) is 7.85. The molecule has 0 bridgehead atoms.